The van der Waals surface area contributed by atoms with Crippen LogP contribution < -0.4 is 0 Å². The van der Waals surface area contributed by atoms with Gasteiger partial charge in [0.2, 0.25) is 0 Å². The minimum atomic E-state index is -0.956. The SMILES string of the molecule is COC(=O)[C@@H]1C[C@H](OC(C)=O)[C@H](OC)N1C(=O)OCc1ccccc1. The van der Waals surface area contributed by atoms with E-state index in [1.54, 1.807) is 0 Å². The molecule has 0 spiro atoms. The van der Waals surface area contributed by atoms with Crippen molar-refractivity contribution in [3.63, 3.8) is 0 Å². The van der Waals surface area contributed by atoms with Crippen molar-refractivity contribution in [1.29, 1.82) is 0 Å². The number of amides is 1. The second-order valence-electron chi connectivity index (χ2n) is 5.50. The molecule has 1 aliphatic heterocycles. The van der Waals surface area contributed by atoms with Gasteiger partial charge in [-0.15, -0.1) is 0 Å². The standard InChI is InChI=1S/C17H21NO7/c1-11(19)25-14-9-13(16(20)23-3)18(15(14)22-2)17(21)24-10-12-7-5-4-6-8-12/h4-8,13-15H,9-10H2,1-3H3/t13-,14-,15-/m0/s1. The number of benzene rings is 1. The van der Waals surface area contributed by atoms with Gasteiger partial charge in [-0.05, 0) is 5.56 Å². The van der Waals surface area contributed by atoms with E-state index in [0.717, 1.165) is 10.5 Å². The summed E-state index contributed by atoms with van der Waals surface area (Å²) < 4.78 is 20.5. The molecule has 1 aliphatic rings. The summed E-state index contributed by atoms with van der Waals surface area (Å²) >= 11 is 0. The molecule has 1 heterocycles. The average molecular weight is 351 g/mol. The van der Waals surface area contributed by atoms with E-state index in [4.69, 9.17) is 18.9 Å². The highest BCUT2D eigenvalue weighted by molar-refractivity contribution is 5.82. The molecule has 1 saturated heterocycles. The third kappa shape index (κ3) is 4.48. The van der Waals surface area contributed by atoms with Gasteiger partial charge in [0.25, 0.3) is 0 Å². The maximum absolute atomic E-state index is 12.5. The van der Waals surface area contributed by atoms with Crippen LogP contribution in [0, 0.1) is 0 Å². The van der Waals surface area contributed by atoms with Crippen LogP contribution in [0.25, 0.3) is 0 Å². The van der Waals surface area contributed by atoms with Gasteiger partial charge in [0, 0.05) is 20.5 Å². The van der Waals surface area contributed by atoms with E-state index in [9.17, 15) is 14.4 Å². The molecule has 0 bridgehead atoms. The number of likely N-dealkylation sites (tertiary alicyclic amines) is 1. The fraction of sp³-hybridized carbons (Fsp3) is 0.471. The van der Waals surface area contributed by atoms with Crippen molar-refractivity contribution < 1.29 is 33.3 Å². The van der Waals surface area contributed by atoms with E-state index >= 15 is 0 Å². The molecule has 0 radical (unpaired) electrons. The molecule has 0 N–H and O–H groups in total. The summed E-state index contributed by atoms with van der Waals surface area (Å²) in [7, 11) is 2.58. The number of hydrogen-bond donors (Lipinski definition) is 0. The van der Waals surface area contributed by atoms with E-state index < -0.39 is 36.4 Å². The van der Waals surface area contributed by atoms with Crippen LogP contribution in [0.5, 0.6) is 0 Å². The third-order valence-electron chi connectivity index (χ3n) is 3.83. The summed E-state index contributed by atoms with van der Waals surface area (Å²) in [4.78, 5) is 36.9. The molecule has 8 nitrogen and oxygen atoms in total. The van der Waals surface area contributed by atoms with Crippen LogP contribution in [0.2, 0.25) is 0 Å². The molecule has 136 valence electrons. The fourth-order valence-electron chi connectivity index (χ4n) is 2.76. The first-order valence-electron chi connectivity index (χ1n) is 7.74. The number of carbonyl (C=O) groups excluding carboxylic acids is 3. The van der Waals surface area contributed by atoms with Gasteiger partial charge in [0.05, 0.1) is 7.11 Å². The van der Waals surface area contributed by atoms with Crippen molar-refractivity contribution in [2.75, 3.05) is 14.2 Å². The van der Waals surface area contributed by atoms with Crippen LogP contribution in [0.1, 0.15) is 18.9 Å². The second-order valence-corrected chi connectivity index (χ2v) is 5.50. The lowest BCUT2D eigenvalue weighted by Crippen LogP contribution is -2.48. The van der Waals surface area contributed by atoms with Gasteiger partial charge in [0.1, 0.15) is 18.8 Å². The lowest BCUT2D eigenvalue weighted by Gasteiger charge is -2.28. The molecule has 0 saturated carbocycles. The Bertz CT molecular complexity index is 619. The molecule has 1 fully saturated rings. The molecule has 8 heteroatoms. The molecule has 0 unspecified atom stereocenters. The van der Waals surface area contributed by atoms with Gasteiger partial charge < -0.3 is 18.9 Å². The zero-order valence-electron chi connectivity index (χ0n) is 14.3. The first-order chi connectivity index (χ1) is 12.0. The largest absolute Gasteiger partial charge is 0.467 e. The van der Waals surface area contributed by atoms with Crippen molar-refractivity contribution in [2.45, 2.75) is 38.3 Å². The smallest absolute Gasteiger partial charge is 0.413 e. The first kappa shape index (κ1) is 18.7. The predicted octanol–water partition coefficient (Wildman–Crippen LogP) is 1.47. The molecule has 0 aromatic heterocycles. The van der Waals surface area contributed by atoms with Crippen LogP contribution in [0.4, 0.5) is 4.79 Å². The number of esters is 2. The zero-order chi connectivity index (χ0) is 18.4. The monoisotopic (exact) mass is 351 g/mol. The van der Waals surface area contributed by atoms with Crippen molar-refractivity contribution in [3.8, 4) is 0 Å². The van der Waals surface area contributed by atoms with E-state index in [-0.39, 0.29) is 13.0 Å². The van der Waals surface area contributed by atoms with Crippen molar-refractivity contribution >= 4 is 18.0 Å². The average Bonchev–Trinajstić information content (AvgIpc) is 2.97. The Hall–Kier alpha value is -2.61. The Morgan fingerprint density at radius 2 is 1.84 bits per heavy atom. The Morgan fingerprint density at radius 1 is 1.16 bits per heavy atom. The minimum Gasteiger partial charge on any atom is -0.467 e. The van der Waals surface area contributed by atoms with Crippen LogP contribution in [-0.4, -0.2) is 55.5 Å². The van der Waals surface area contributed by atoms with Gasteiger partial charge in [0.15, 0.2) is 6.23 Å². The Balaban J connectivity index is 2.15. The number of methoxy groups -OCH3 is 2. The van der Waals surface area contributed by atoms with Gasteiger partial charge >= 0.3 is 18.0 Å². The topological polar surface area (TPSA) is 91.4 Å². The van der Waals surface area contributed by atoms with Gasteiger partial charge in [-0.3, -0.25) is 9.69 Å². The van der Waals surface area contributed by atoms with E-state index in [1.165, 1.54) is 21.1 Å². The Kier molecular flexibility index (Phi) is 6.35. The summed E-state index contributed by atoms with van der Waals surface area (Å²) in [5, 5.41) is 0. The third-order valence-corrected chi connectivity index (χ3v) is 3.83. The molecule has 2 rings (SSSR count). The lowest BCUT2D eigenvalue weighted by molar-refractivity contribution is -0.156. The maximum Gasteiger partial charge on any atom is 0.413 e. The molecule has 25 heavy (non-hydrogen) atoms. The van der Waals surface area contributed by atoms with E-state index in [2.05, 4.69) is 0 Å². The quantitative estimate of drug-likeness (QED) is 0.586. The maximum atomic E-state index is 12.5. The molecule has 1 aromatic rings. The zero-order valence-corrected chi connectivity index (χ0v) is 14.3. The van der Waals surface area contributed by atoms with E-state index in [1.807, 2.05) is 30.3 Å². The summed E-state index contributed by atoms with van der Waals surface area (Å²) in [5.41, 5.74) is 0.801. The number of rotatable bonds is 5. The number of carbonyl (C=O) groups is 3. The Labute approximate surface area is 145 Å². The molecular formula is C17H21NO7. The van der Waals surface area contributed by atoms with Gasteiger partial charge in [-0.1, -0.05) is 30.3 Å². The molecule has 1 aromatic carbocycles. The molecule has 1 amide bonds. The summed E-state index contributed by atoms with van der Waals surface area (Å²) in [6.45, 7) is 1.29. The number of ether oxygens (including phenoxy) is 4. The minimum absolute atomic E-state index is 0.0404. The fourth-order valence-corrected chi connectivity index (χ4v) is 2.76. The van der Waals surface area contributed by atoms with Gasteiger partial charge in [-0.2, -0.15) is 0 Å². The molecule has 3 atom stereocenters. The number of nitrogens with zero attached hydrogens (tertiary/aromatic N) is 1. The highest BCUT2D eigenvalue weighted by atomic mass is 16.6. The summed E-state index contributed by atoms with van der Waals surface area (Å²) in [5.74, 6) is -1.16. The van der Waals surface area contributed by atoms with Crippen LogP contribution in [-0.2, 0) is 35.1 Å². The van der Waals surface area contributed by atoms with Crippen molar-refractivity contribution in [2.24, 2.45) is 0 Å². The van der Waals surface area contributed by atoms with Crippen LogP contribution >= 0.6 is 0 Å². The van der Waals surface area contributed by atoms with Gasteiger partial charge in [-0.25, -0.2) is 9.59 Å². The normalized spacial score (nSPS) is 22.4. The van der Waals surface area contributed by atoms with E-state index in [0.29, 0.717) is 0 Å². The lowest BCUT2D eigenvalue weighted by atomic mass is 10.2. The number of hydrogen-bond acceptors (Lipinski definition) is 7. The first-order valence-corrected chi connectivity index (χ1v) is 7.74. The summed E-state index contributed by atoms with van der Waals surface area (Å²) in [6.07, 6.45) is -2.39. The van der Waals surface area contributed by atoms with Crippen LogP contribution in [0.3, 0.4) is 0 Å². The highest BCUT2D eigenvalue weighted by Crippen LogP contribution is 2.29. The van der Waals surface area contributed by atoms with Crippen molar-refractivity contribution in [3.05, 3.63) is 35.9 Å². The van der Waals surface area contributed by atoms with Crippen LogP contribution in [0.15, 0.2) is 30.3 Å². The second kappa shape index (κ2) is 8.48. The summed E-state index contributed by atoms with van der Waals surface area (Å²) in [6, 6.07) is 8.16. The molecular weight excluding hydrogens is 330 g/mol. The predicted molar refractivity (Wildman–Crippen MR) is 85.2 cm³/mol. The van der Waals surface area contributed by atoms with Crippen molar-refractivity contribution in [1.82, 2.24) is 4.90 Å². The Morgan fingerprint density at radius 3 is 2.40 bits per heavy atom. The molecule has 0 aliphatic carbocycles. The highest BCUT2D eigenvalue weighted by Gasteiger charge is 2.50.